The van der Waals surface area contributed by atoms with Crippen LogP contribution in [0.15, 0.2) is 12.3 Å². The molecule has 0 unspecified atom stereocenters. The summed E-state index contributed by atoms with van der Waals surface area (Å²) in [6.45, 7) is 3.74. The second-order valence-corrected chi connectivity index (χ2v) is 3.53. The van der Waals surface area contributed by atoms with Gasteiger partial charge < -0.3 is 4.74 Å². The SMILES string of the molecule is CCOc1ccn([C@H]2CCCCN2)n1. The van der Waals surface area contributed by atoms with Crippen LogP contribution in [0.2, 0.25) is 0 Å². The molecule has 0 aliphatic carbocycles. The first-order chi connectivity index (χ1) is 6.90. The van der Waals surface area contributed by atoms with Crippen LogP contribution in [0.25, 0.3) is 0 Å². The molecule has 4 nitrogen and oxygen atoms in total. The molecule has 78 valence electrons. The molecular weight excluding hydrogens is 178 g/mol. The lowest BCUT2D eigenvalue weighted by Crippen LogP contribution is -2.31. The summed E-state index contributed by atoms with van der Waals surface area (Å²) in [6, 6.07) is 1.92. The Morgan fingerprint density at radius 1 is 1.64 bits per heavy atom. The minimum Gasteiger partial charge on any atom is -0.477 e. The van der Waals surface area contributed by atoms with Crippen molar-refractivity contribution in [3.05, 3.63) is 12.3 Å². The molecule has 1 N–H and O–H groups in total. The van der Waals surface area contributed by atoms with Gasteiger partial charge in [-0.1, -0.05) is 0 Å². The first-order valence-electron chi connectivity index (χ1n) is 5.31. The van der Waals surface area contributed by atoms with Crippen molar-refractivity contribution in [1.82, 2.24) is 15.1 Å². The zero-order valence-corrected chi connectivity index (χ0v) is 8.57. The van der Waals surface area contributed by atoms with E-state index in [1.807, 2.05) is 23.9 Å². The van der Waals surface area contributed by atoms with Gasteiger partial charge in [0.1, 0.15) is 6.17 Å². The first-order valence-corrected chi connectivity index (χ1v) is 5.31. The van der Waals surface area contributed by atoms with Crippen molar-refractivity contribution in [1.29, 1.82) is 0 Å². The Hall–Kier alpha value is -1.03. The lowest BCUT2D eigenvalue weighted by Gasteiger charge is -2.23. The van der Waals surface area contributed by atoms with Crippen LogP contribution in [0.5, 0.6) is 5.88 Å². The van der Waals surface area contributed by atoms with Crippen molar-refractivity contribution in [3.63, 3.8) is 0 Å². The lowest BCUT2D eigenvalue weighted by atomic mass is 10.1. The molecule has 0 spiro atoms. The van der Waals surface area contributed by atoms with Gasteiger partial charge in [-0.2, -0.15) is 0 Å². The minimum atomic E-state index is 0.359. The number of hydrogen-bond acceptors (Lipinski definition) is 3. The van der Waals surface area contributed by atoms with Crippen molar-refractivity contribution in [2.45, 2.75) is 32.4 Å². The predicted molar refractivity (Wildman–Crippen MR) is 54.3 cm³/mol. The average Bonchev–Trinajstić information content (AvgIpc) is 2.68. The molecule has 2 rings (SSSR count). The van der Waals surface area contributed by atoms with Gasteiger partial charge in [-0.15, -0.1) is 5.10 Å². The molecular formula is C10H17N3O. The third kappa shape index (κ3) is 2.07. The van der Waals surface area contributed by atoms with Gasteiger partial charge in [0.05, 0.1) is 6.61 Å². The number of ether oxygens (including phenoxy) is 1. The van der Waals surface area contributed by atoms with Crippen LogP contribution in [0.4, 0.5) is 0 Å². The Bertz CT molecular complexity index is 279. The van der Waals surface area contributed by atoms with Crippen molar-refractivity contribution in [3.8, 4) is 5.88 Å². The summed E-state index contributed by atoms with van der Waals surface area (Å²) in [7, 11) is 0. The molecule has 1 fully saturated rings. The molecule has 0 amide bonds. The maximum atomic E-state index is 5.32. The molecule has 0 radical (unpaired) electrons. The third-order valence-electron chi connectivity index (χ3n) is 2.48. The van der Waals surface area contributed by atoms with Crippen molar-refractivity contribution >= 4 is 0 Å². The Labute approximate surface area is 84.3 Å². The molecule has 4 heteroatoms. The Kier molecular flexibility index (Phi) is 3.03. The highest BCUT2D eigenvalue weighted by Gasteiger charge is 2.14. The molecule has 1 aliphatic rings. The molecule has 1 aromatic heterocycles. The van der Waals surface area contributed by atoms with E-state index in [9.17, 15) is 0 Å². The van der Waals surface area contributed by atoms with E-state index in [-0.39, 0.29) is 0 Å². The molecule has 14 heavy (non-hydrogen) atoms. The number of nitrogens with zero attached hydrogens (tertiary/aromatic N) is 2. The number of rotatable bonds is 3. The maximum Gasteiger partial charge on any atom is 0.232 e. The van der Waals surface area contributed by atoms with Gasteiger partial charge in [0, 0.05) is 12.3 Å². The second-order valence-electron chi connectivity index (χ2n) is 3.53. The number of aromatic nitrogens is 2. The fourth-order valence-electron chi connectivity index (χ4n) is 1.78. The van der Waals surface area contributed by atoms with Crippen molar-refractivity contribution in [2.24, 2.45) is 0 Å². The smallest absolute Gasteiger partial charge is 0.232 e. The number of nitrogens with one attached hydrogen (secondary N) is 1. The summed E-state index contributed by atoms with van der Waals surface area (Å²) in [5.74, 6) is 0.722. The fourth-order valence-corrected chi connectivity index (χ4v) is 1.78. The Morgan fingerprint density at radius 3 is 3.29 bits per heavy atom. The highest BCUT2D eigenvalue weighted by atomic mass is 16.5. The zero-order valence-electron chi connectivity index (χ0n) is 8.57. The summed E-state index contributed by atoms with van der Waals surface area (Å²) < 4.78 is 7.28. The molecule has 2 heterocycles. The van der Waals surface area contributed by atoms with E-state index in [1.165, 1.54) is 12.8 Å². The molecule has 1 saturated heterocycles. The molecule has 0 bridgehead atoms. The monoisotopic (exact) mass is 195 g/mol. The predicted octanol–water partition coefficient (Wildman–Crippen LogP) is 1.55. The quantitative estimate of drug-likeness (QED) is 0.795. The van der Waals surface area contributed by atoms with Gasteiger partial charge in [-0.3, -0.25) is 10.00 Å². The fraction of sp³-hybridized carbons (Fsp3) is 0.700. The average molecular weight is 195 g/mol. The Morgan fingerprint density at radius 2 is 2.57 bits per heavy atom. The van der Waals surface area contributed by atoms with E-state index in [1.54, 1.807) is 0 Å². The largest absolute Gasteiger partial charge is 0.477 e. The van der Waals surface area contributed by atoms with E-state index < -0.39 is 0 Å². The van der Waals surface area contributed by atoms with Gasteiger partial charge >= 0.3 is 0 Å². The van der Waals surface area contributed by atoms with Crippen LogP contribution in [-0.4, -0.2) is 22.9 Å². The van der Waals surface area contributed by atoms with Gasteiger partial charge in [-0.25, -0.2) is 0 Å². The normalized spacial score (nSPS) is 22.2. The van der Waals surface area contributed by atoms with E-state index in [0.29, 0.717) is 12.8 Å². The van der Waals surface area contributed by atoms with Crippen LogP contribution < -0.4 is 10.1 Å². The summed E-state index contributed by atoms with van der Waals surface area (Å²) in [6.07, 6.45) is 6.05. The Balaban J connectivity index is 2.00. The molecule has 0 aromatic carbocycles. The van der Waals surface area contributed by atoms with Gasteiger partial charge in [0.25, 0.3) is 0 Å². The summed E-state index contributed by atoms with van der Waals surface area (Å²) in [4.78, 5) is 0. The van der Waals surface area contributed by atoms with E-state index in [4.69, 9.17) is 4.74 Å². The maximum absolute atomic E-state index is 5.32. The van der Waals surface area contributed by atoms with Gasteiger partial charge in [0.2, 0.25) is 5.88 Å². The van der Waals surface area contributed by atoms with Crippen LogP contribution in [0.3, 0.4) is 0 Å². The lowest BCUT2D eigenvalue weighted by molar-refractivity contribution is 0.278. The zero-order chi connectivity index (χ0) is 9.80. The van der Waals surface area contributed by atoms with E-state index in [0.717, 1.165) is 18.8 Å². The molecule has 0 saturated carbocycles. The molecule has 1 aliphatic heterocycles. The summed E-state index contributed by atoms with van der Waals surface area (Å²) in [5, 5.41) is 7.79. The molecule has 1 atom stereocenters. The number of piperidine rings is 1. The van der Waals surface area contributed by atoms with Crippen LogP contribution in [0.1, 0.15) is 32.4 Å². The standard InChI is InChI=1S/C10H17N3O/c1-2-14-10-6-8-13(12-10)9-5-3-4-7-11-9/h6,8-9,11H,2-5,7H2,1H3/t9-/m0/s1. The number of hydrogen-bond donors (Lipinski definition) is 1. The van der Waals surface area contributed by atoms with E-state index in [2.05, 4.69) is 10.4 Å². The van der Waals surface area contributed by atoms with Gasteiger partial charge in [0.15, 0.2) is 0 Å². The topological polar surface area (TPSA) is 39.1 Å². The van der Waals surface area contributed by atoms with Crippen LogP contribution >= 0.6 is 0 Å². The summed E-state index contributed by atoms with van der Waals surface area (Å²) in [5.41, 5.74) is 0. The third-order valence-corrected chi connectivity index (χ3v) is 2.48. The van der Waals surface area contributed by atoms with Gasteiger partial charge in [-0.05, 0) is 32.7 Å². The highest BCUT2D eigenvalue weighted by Crippen LogP contribution is 2.17. The van der Waals surface area contributed by atoms with Crippen molar-refractivity contribution in [2.75, 3.05) is 13.2 Å². The first kappa shape index (κ1) is 9.52. The van der Waals surface area contributed by atoms with Crippen LogP contribution in [-0.2, 0) is 0 Å². The van der Waals surface area contributed by atoms with Crippen molar-refractivity contribution < 1.29 is 4.74 Å². The minimum absolute atomic E-state index is 0.359. The van der Waals surface area contributed by atoms with Crippen LogP contribution in [0, 0.1) is 0 Å². The van der Waals surface area contributed by atoms with E-state index >= 15 is 0 Å². The summed E-state index contributed by atoms with van der Waals surface area (Å²) >= 11 is 0. The highest BCUT2D eigenvalue weighted by molar-refractivity contribution is 5.06. The second kappa shape index (κ2) is 4.46. The molecule has 1 aromatic rings.